The molecule has 3 saturated heterocycles. The minimum absolute atomic E-state index is 0.00135. The van der Waals surface area contributed by atoms with E-state index in [9.17, 15) is 4.79 Å². The predicted octanol–water partition coefficient (Wildman–Crippen LogP) is 5.95. The van der Waals surface area contributed by atoms with Gasteiger partial charge in [-0.3, -0.25) is 9.80 Å². The van der Waals surface area contributed by atoms with E-state index in [1.165, 1.54) is 5.56 Å². The highest BCUT2D eigenvalue weighted by atomic mass is 79.9. The molecule has 3 aromatic rings. The van der Waals surface area contributed by atoms with Crippen molar-refractivity contribution in [2.24, 2.45) is 5.92 Å². The molecule has 3 aliphatic heterocycles. The van der Waals surface area contributed by atoms with E-state index in [0.717, 1.165) is 52.1 Å². The number of halogens is 2. The Bertz CT molecular complexity index is 1480. The zero-order chi connectivity index (χ0) is 31.7. The van der Waals surface area contributed by atoms with Crippen molar-refractivity contribution in [3.8, 4) is 6.01 Å². The lowest BCUT2D eigenvalue weighted by molar-refractivity contribution is 0.0122. The van der Waals surface area contributed by atoms with Crippen molar-refractivity contribution in [2.45, 2.75) is 64.8 Å². The molecule has 0 saturated carbocycles. The van der Waals surface area contributed by atoms with E-state index in [-0.39, 0.29) is 35.6 Å². The average Bonchev–Trinajstić information content (AvgIpc) is 3.28. The smallest absolute Gasteiger partial charge is 0.410 e. The van der Waals surface area contributed by atoms with Crippen molar-refractivity contribution < 1.29 is 18.7 Å². The van der Waals surface area contributed by atoms with Gasteiger partial charge in [0, 0.05) is 63.7 Å². The largest absolute Gasteiger partial charge is 0.463 e. The van der Waals surface area contributed by atoms with Crippen LogP contribution in [0.25, 0.3) is 10.9 Å². The number of benzene rings is 2. The lowest BCUT2D eigenvalue weighted by Crippen LogP contribution is -2.57. The van der Waals surface area contributed by atoms with Crippen molar-refractivity contribution in [3.63, 3.8) is 0 Å². The Hall–Kier alpha value is -3.02. The number of piperazine rings is 2. The van der Waals surface area contributed by atoms with Crippen molar-refractivity contribution in [2.75, 3.05) is 57.3 Å². The fourth-order valence-electron chi connectivity index (χ4n) is 6.78. The summed E-state index contributed by atoms with van der Waals surface area (Å²) in [5.41, 5.74) is 1.03. The highest BCUT2D eigenvalue weighted by Gasteiger charge is 2.45. The van der Waals surface area contributed by atoms with E-state index in [2.05, 4.69) is 72.9 Å². The molecular formula is C34H44BrFN6O3. The maximum atomic E-state index is 15.4. The summed E-state index contributed by atoms with van der Waals surface area (Å²) in [5, 5.41) is 0.634. The molecule has 0 N–H and O–H groups in total. The summed E-state index contributed by atoms with van der Waals surface area (Å²) < 4.78 is 27.6. The van der Waals surface area contributed by atoms with Gasteiger partial charge < -0.3 is 19.3 Å². The van der Waals surface area contributed by atoms with Gasteiger partial charge in [0.2, 0.25) is 0 Å². The van der Waals surface area contributed by atoms with Crippen molar-refractivity contribution in [3.05, 3.63) is 58.3 Å². The molecule has 4 heterocycles. The van der Waals surface area contributed by atoms with Crippen LogP contribution in [0, 0.1) is 11.7 Å². The number of hydrogen-bond donors (Lipinski definition) is 0. The first-order valence-corrected chi connectivity index (χ1v) is 16.9. The second kappa shape index (κ2) is 13.4. The van der Waals surface area contributed by atoms with E-state index in [0.29, 0.717) is 35.4 Å². The lowest BCUT2D eigenvalue weighted by Gasteiger charge is -2.42. The first-order valence-electron chi connectivity index (χ1n) is 16.1. The van der Waals surface area contributed by atoms with Gasteiger partial charge in [-0.2, -0.15) is 9.97 Å². The van der Waals surface area contributed by atoms with E-state index in [4.69, 9.17) is 14.5 Å². The zero-order valence-electron chi connectivity index (χ0n) is 26.7. The third kappa shape index (κ3) is 7.52. The molecule has 11 heteroatoms. The van der Waals surface area contributed by atoms with Crippen LogP contribution in [0.5, 0.6) is 6.01 Å². The topological polar surface area (TPSA) is 74.3 Å². The van der Waals surface area contributed by atoms with Crippen LogP contribution < -0.4 is 9.64 Å². The Morgan fingerprint density at radius 2 is 1.67 bits per heavy atom. The standard InChI is InChI=1S/C34H44BrFN6O3/c1-23(18-39-14-16-40(17-15-39)19-24-8-6-5-7-9-24)22-44-32-37-30-27(12-13-28(35)29(30)36)31(38-32)41-20-25-10-11-26(21-41)42(25)33(43)45-34(2,3)4/h5-9,12-13,23,25-26H,10-11,14-22H2,1-4H3. The van der Waals surface area contributed by atoms with Crippen LogP contribution in [-0.4, -0.2) is 101 Å². The van der Waals surface area contributed by atoms with Crippen molar-refractivity contribution >= 4 is 38.7 Å². The van der Waals surface area contributed by atoms with Crippen LogP contribution in [0.4, 0.5) is 15.0 Å². The van der Waals surface area contributed by atoms with Gasteiger partial charge >= 0.3 is 12.1 Å². The molecule has 3 fully saturated rings. The zero-order valence-corrected chi connectivity index (χ0v) is 28.3. The summed E-state index contributed by atoms with van der Waals surface area (Å²) in [5.74, 6) is 0.455. The molecule has 0 aliphatic carbocycles. The summed E-state index contributed by atoms with van der Waals surface area (Å²) in [6.45, 7) is 15.5. The molecule has 0 radical (unpaired) electrons. The Morgan fingerprint density at radius 3 is 2.33 bits per heavy atom. The van der Waals surface area contributed by atoms with Crippen LogP contribution in [0.15, 0.2) is 46.9 Å². The number of hydrogen-bond acceptors (Lipinski definition) is 8. The van der Waals surface area contributed by atoms with E-state index < -0.39 is 11.4 Å². The minimum atomic E-state index is -0.554. The van der Waals surface area contributed by atoms with Crippen LogP contribution in [0.3, 0.4) is 0 Å². The summed E-state index contributed by atoms with van der Waals surface area (Å²) >= 11 is 3.32. The summed E-state index contributed by atoms with van der Waals surface area (Å²) in [6, 6.07) is 14.3. The molecule has 1 aromatic heterocycles. The van der Waals surface area contributed by atoms with Gasteiger partial charge in [-0.05, 0) is 67.2 Å². The molecule has 1 amide bonds. The molecule has 3 atom stereocenters. The number of rotatable bonds is 8. The number of carbonyl (C=O) groups is 1. The SMILES string of the molecule is CC(COc1nc(N2CC3CCC(C2)N3C(=O)OC(C)(C)C)c2ccc(Br)c(F)c2n1)CN1CCN(Cc2ccccc2)CC1. The normalized spacial score (nSPS) is 21.7. The van der Waals surface area contributed by atoms with Gasteiger partial charge in [0.25, 0.3) is 0 Å². The van der Waals surface area contributed by atoms with Gasteiger partial charge in [-0.25, -0.2) is 9.18 Å². The molecular weight excluding hydrogens is 639 g/mol. The van der Waals surface area contributed by atoms with Crippen LogP contribution in [0.1, 0.15) is 46.1 Å². The lowest BCUT2D eigenvalue weighted by atomic mass is 10.1. The number of nitrogens with zero attached hydrogens (tertiary/aromatic N) is 6. The second-order valence-electron chi connectivity index (χ2n) is 13.7. The first-order chi connectivity index (χ1) is 21.5. The summed E-state index contributed by atoms with van der Waals surface area (Å²) in [6.07, 6.45) is 1.52. The Morgan fingerprint density at radius 1 is 1.00 bits per heavy atom. The molecule has 3 aliphatic rings. The highest BCUT2D eigenvalue weighted by Crippen LogP contribution is 2.37. The van der Waals surface area contributed by atoms with Gasteiger partial charge in [-0.1, -0.05) is 37.3 Å². The number of amides is 1. The quantitative estimate of drug-likeness (QED) is 0.289. The second-order valence-corrected chi connectivity index (χ2v) is 14.6. The monoisotopic (exact) mass is 682 g/mol. The number of fused-ring (bicyclic) bond motifs is 3. The third-order valence-corrected chi connectivity index (χ3v) is 9.50. The molecule has 2 aromatic carbocycles. The number of aromatic nitrogens is 2. The maximum Gasteiger partial charge on any atom is 0.410 e. The molecule has 45 heavy (non-hydrogen) atoms. The van der Waals surface area contributed by atoms with Gasteiger partial charge in [0.15, 0.2) is 5.82 Å². The Labute approximate surface area is 273 Å². The van der Waals surface area contributed by atoms with Crippen molar-refractivity contribution in [1.29, 1.82) is 0 Å². The molecule has 242 valence electrons. The van der Waals surface area contributed by atoms with E-state index in [1.54, 1.807) is 6.07 Å². The summed E-state index contributed by atoms with van der Waals surface area (Å²) in [7, 11) is 0. The number of ether oxygens (including phenoxy) is 2. The number of carbonyl (C=O) groups excluding carboxylic acids is 1. The molecule has 3 unspecified atom stereocenters. The van der Waals surface area contributed by atoms with Gasteiger partial charge in [-0.15, -0.1) is 0 Å². The average molecular weight is 684 g/mol. The Kier molecular flexibility index (Phi) is 9.49. The fourth-order valence-corrected chi connectivity index (χ4v) is 7.10. The Balaban J connectivity index is 1.11. The third-order valence-electron chi connectivity index (χ3n) is 8.89. The molecule has 2 bridgehead atoms. The van der Waals surface area contributed by atoms with Crippen LogP contribution in [-0.2, 0) is 11.3 Å². The van der Waals surface area contributed by atoms with Gasteiger partial charge in [0.05, 0.1) is 23.2 Å². The minimum Gasteiger partial charge on any atom is -0.463 e. The molecule has 9 nitrogen and oxygen atoms in total. The predicted molar refractivity (Wildman–Crippen MR) is 177 cm³/mol. The van der Waals surface area contributed by atoms with E-state index >= 15 is 4.39 Å². The molecule has 0 spiro atoms. The van der Waals surface area contributed by atoms with Crippen LogP contribution in [0.2, 0.25) is 0 Å². The van der Waals surface area contributed by atoms with Crippen molar-refractivity contribution in [1.82, 2.24) is 24.7 Å². The number of anilines is 1. The van der Waals surface area contributed by atoms with Gasteiger partial charge in [0.1, 0.15) is 16.9 Å². The first kappa shape index (κ1) is 31.9. The van der Waals surface area contributed by atoms with E-state index in [1.807, 2.05) is 31.7 Å². The fraction of sp³-hybridized carbons (Fsp3) is 0.559. The highest BCUT2D eigenvalue weighted by molar-refractivity contribution is 9.10. The summed E-state index contributed by atoms with van der Waals surface area (Å²) in [4.78, 5) is 31.4. The maximum absolute atomic E-state index is 15.4. The van der Waals surface area contributed by atoms with Crippen LogP contribution >= 0.6 is 15.9 Å². The molecule has 6 rings (SSSR count).